The lowest BCUT2D eigenvalue weighted by Crippen LogP contribution is -1.83. The predicted octanol–water partition coefficient (Wildman–Crippen LogP) is 3.20. The van der Waals surface area contributed by atoms with Crippen LogP contribution in [0.5, 0.6) is 5.75 Å². The van der Waals surface area contributed by atoms with Crippen LogP contribution in [0.2, 0.25) is 0 Å². The van der Waals surface area contributed by atoms with Crippen LogP contribution in [-0.4, -0.2) is 12.9 Å². The summed E-state index contributed by atoms with van der Waals surface area (Å²) in [6, 6.07) is 8.08. The second-order valence-electron chi connectivity index (χ2n) is 2.84. The monoisotopic (exact) mass is 206 g/mol. The van der Waals surface area contributed by atoms with Gasteiger partial charge in [-0.3, -0.25) is 0 Å². The number of terminal acetylenes is 1. The van der Waals surface area contributed by atoms with E-state index in [9.17, 15) is 0 Å². The van der Waals surface area contributed by atoms with Gasteiger partial charge in [-0.2, -0.15) is 0 Å². The van der Waals surface area contributed by atoms with Crippen LogP contribution in [-0.2, 0) is 0 Å². The molecule has 0 bridgehead atoms. The number of benzene rings is 1. The highest BCUT2D eigenvalue weighted by atomic mass is 32.2. The molecule has 0 N–H and O–H groups in total. The van der Waals surface area contributed by atoms with Crippen LogP contribution in [0.1, 0.15) is 12.8 Å². The summed E-state index contributed by atoms with van der Waals surface area (Å²) in [6.45, 7) is 0. The number of thioether (sulfide) groups is 1. The zero-order valence-electron chi connectivity index (χ0n) is 8.32. The van der Waals surface area contributed by atoms with Gasteiger partial charge in [-0.15, -0.1) is 24.1 Å². The first-order valence-corrected chi connectivity index (χ1v) is 5.55. The minimum atomic E-state index is 0.858. The Morgan fingerprint density at radius 3 is 3.07 bits per heavy atom. The molecule has 0 fully saturated rings. The summed E-state index contributed by atoms with van der Waals surface area (Å²) in [7, 11) is 1.68. The fourth-order valence-electron chi connectivity index (χ4n) is 1.06. The molecule has 0 aliphatic heterocycles. The van der Waals surface area contributed by atoms with Crippen molar-refractivity contribution in [1.82, 2.24) is 0 Å². The van der Waals surface area contributed by atoms with Crippen LogP contribution in [0.25, 0.3) is 0 Å². The number of hydrogen-bond acceptors (Lipinski definition) is 2. The summed E-state index contributed by atoms with van der Waals surface area (Å²) in [6.07, 6.45) is 7.10. The number of hydrogen-bond donors (Lipinski definition) is 0. The smallest absolute Gasteiger partial charge is 0.119 e. The van der Waals surface area contributed by atoms with Gasteiger partial charge in [0, 0.05) is 11.3 Å². The molecule has 14 heavy (non-hydrogen) atoms. The van der Waals surface area contributed by atoms with Gasteiger partial charge >= 0.3 is 0 Å². The molecule has 0 unspecified atom stereocenters. The molecule has 1 aromatic carbocycles. The van der Waals surface area contributed by atoms with Crippen molar-refractivity contribution in [1.29, 1.82) is 0 Å². The van der Waals surface area contributed by atoms with E-state index in [0.717, 1.165) is 24.3 Å². The van der Waals surface area contributed by atoms with Crippen molar-refractivity contribution >= 4 is 11.8 Å². The molecule has 74 valence electrons. The predicted molar refractivity (Wildman–Crippen MR) is 61.8 cm³/mol. The normalized spacial score (nSPS) is 9.43. The maximum atomic E-state index is 5.17. The van der Waals surface area contributed by atoms with Crippen LogP contribution in [0, 0.1) is 12.3 Å². The number of rotatable bonds is 5. The molecule has 1 rings (SSSR count). The summed E-state index contributed by atoms with van der Waals surface area (Å²) >= 11 is 1.81. The SMILES string of the molecule is C#CCCCSc1cccc(OC)c1. The Morgan fingerprint density at radius 1 is 1.50 bits per heavy atom. The molecule has 1 nitrogen and oxygen atoms in total. The first kappa shape index (κ1) is 11.0. The molecule has 1 aromatic rings. The van der Waals surface area contributed by atoms with Gasteiger partial charge in [0.15, 0.2) is 0 Å². The Balaban J connectivity index is 2.39. The van der Waals surface area contributed by atoms with Gasteiger partial charge in [-0.05, 0) is 30.4 Å². The topological polar surface area (TPSA) is 9.23 Å². The molecule has 0 saturated carbocycles. The minimum Gasteiger partial charge on any atom is -0.497 e. The zero-order valence-corrected chi connectivity index (χ0v) is 9.14. The second-order valence-corrected chi connectivity index (χ2v) is 4.00. The molecule has 0 aromatic heterocycles. The third-order valence-corrected chi connectivity index (χ3v) is 2.86. The summed E-state index contributed by atoms with van der Waals surface area (Å²) in [5.74, 6) is 4.61. The van der Waals surface area contributed by atoms with Crippen molar-refractivity contribution in [3.63, 3.8) is 0 Å². The third kappa shape index (κ3) is 3.76. The van der Waals surface area contributed by atoms with Crippen molar-refractivity contribution < 1.29 is 4.74 Å². The number of methoxy groups -OCH3 is 1. The van der Waals surface area contributed by atoms with E-state index >= 15 is 0 Å². The molecule has 0 aliphatic carbocycles. The molecule has 0 atom stereocenters. The van der Waals surface area contributed by atoms with E-state index in [0.29, 0.717) is 0 Å². The molecule has 0 saturated heterocycles. The molecule has 0 heterocycles. The van der Waals surface area contributed by atoms with Crippen LogP contribution in [0.4, 0.5) is 0 Å². The number of ether oxygens (including phenoxy) is 1. The van der Waals surface area contributed by atoms with Crippen LogP contribution >= 0.6 is 11.8 Å². The average molecular weight is 206 g/mol. The summed E-state index contributed by atoms with van der Waals surface area (Å²) in [5.41, 5.74) is 0. The van der Waals surface area contributed by atoms with E-state index in [4.69, 9.17) is 11.2 Å². The van der Waals surface area contributed by atoms with E-state index in [1.807, 2.05) is 30.0 Å². The van der Waals surface area contributed by atoms with Gasteiger partial charge in [0.1, 0.15) is 5.75 Å². The fraction of sp³-hybridized carbons (Fsp3) is 0.333. The van der Waals surface area contributed by atoms with Crippen LogP contribution < -0.4 is 4.74 Å². The van der Waals surface area contributed by atoms with Crippen LogP contribution in [0.15, 0.2) is 29.2 Å². The summed E-state index contributed by atoms with van der Waals surface area (Å²) in [5, 5.41) is 0. The molecular formula is C12H14OS. The van der Waals surface area contributed by atoms with Gasteiger partial charge in [-0.1, -0.05) is 6.07 Å². The highest BCUT2D eigenvalue weighted by Crippen LogP contribution is 2.23. The first-order chi connectivity index (χ1) is 6.86. The molecule has 2 heteroatoms. The molecule has 0 amide bonds. The molecule has 0 radical (unpaired) electrons. The van der Waals surface area contributed by atoms with Gasteiger partial charge in [0.25, 0.3) is 0 Å². The highest BCUT2D eigenvalue weighted by molar-refractivity contribution is 7.99. The zero-order chi connectivity index (χ0) is 10.2. The van der Waals surface area contributed by atoms with Crippen molar-refractivity contribution in [2.75, 3.05) is 12.9 Å². The molecule has 0 spiro atoms. The standard InChI is InChI=1S/C12H14OS/c1-3-4-5-9-14-12-8-6-7-11(10-12)13-2/h1,6-8,10H,4-5,9H2,2H3. The lowest BCUT2D eigenvalue weighted by Gasteiger charge is -2.03. The Morgan fingerprint density at radius 2 is 2.36 bits per heavy atom. The Bertz CT molecular complexity index is 314. The van der Waals surface area contributed by atoms with Gasteiger partial charge in [0.2, 0.25) is 0 Å². The van der Waals surface area contributed by atoms with E-state index in [1.165, 1.54) is 4.90 Å². The lowest BCUT2D eigenvalue weighted by molar-refractivity contribution is 0.413. The summed E-state index contributed by atoms with van der Waals surface area (Å²) in [4.78, 5) is 1.24. The molecular weight excluding hydrogens is 192 g/mol. The first-order valence-electron chi connectivity index (χ1n) is 4.57. The van der Waals surface area contributed by atoms with E-state index < -0.39 is 0 Å². The maximum Gasteiger partial charge on any atom is 0.119 e. The summed E-state index contributed by atoms with van der Waals surface area (Å²) < 4.78 is 5.14. The van der Waals surface area contributed by atoms with E-state index in [1.54, 1.807) is 7.11 Å². The van der Waals surface area contributed by atoms with Crippen molar-refractivity contribution in [2.45, 2.75) is 17.7 Å². The fourth-order valence-corrected chi connectivity index (χ4v) is 1.95. The largest absolute Gasteiger partial charge is 0.497 e. The minimum absolute atomic E-state index is 0.858. The Kier molecular flexibility index (Phi) is 5.03. The highest BCUT2D eigenvalue weighted by Gasteiger charge is 1.95. The van der Waals surface area contributed by atoms with Gasteiger partial charge < -0.3 is 4.74 Å². The third-order valence-electron chi connectivity index (χ3n) is 1.78. The van der Waals surface area contributed by atoms with Gasteiger partial charge in [0.05, 0.1) is 7.11 Å². The quantitative estimate of drug-likeness (QED) is 0.415. The Hall–Kier alpha value is -1.07. The lowest BCUT2D eigenvalue weighted by atomic mass is 10.3. The van der Waals surface area contributed by atoms with Crippen LogP contribution in [0.3, 0.4) is 0 Å². The molecule has 0 aliphatic rings. The van der Waals surface area contributed by atoms with Crippen molar-refractivity contribution in [2.24, 2.45) is 0 Å². The maximum absolute atomic E-state index is 5.17. The van der Waals surface area contributed by atoms with E-state index in [-0.39, 0.29) is 0 Å². The number of unbranched alkanes of at least 4 members (excludes halogenated alkanes) is 1. The second kappa shape index (κ2) is 6.39. The Labute approximate surface area is 89.9 Å². The van der Waals surface area contributed by atoms with Gasteiger partial charge in [-0.25, -0.2) is 0 Å². The van der Waals surface area contributed by atoms with Crippen molar-refractivity contribution in [3.8, 4) is 18.1 Å². The van der Waals surface area contributed by atoms with E-state index in [2.05, 4.69) is 12.0 Å². The average Bonchev–Trinajstić information content (AvgIpc) is 2.25. The van der Waals surface area contributed by atoms with Crippen molar-refractivity contribution in [3.05, 3.63) is 24.3 Å².